The number of benzene rings is 2. The number of rotatable bonds is 6. The van der Waals surface area contributed by atoms with Gasteiger partial charge in [0, 0.05) is 12.8 Å². The Balaban J connectivity index is 0.000000280. The van der Waals surface area contributed by atoms with E-state index in [1.165, 1.54) is 38.1 Å². The van der Waals surface area contributed by atoms with Crippen LogP contribution in [0.5, 0.6) is 11.5 Å². The van der Waals surface area contributed by atoms with Crippen molar-refractivity contribution in [1.29, 1.82) is 0 Å². The van der Waals surface area contributed by atoms with Crippen molar-refractivity contribution in [3.05, 3.63) is 59.7 Å². The van der Waals surface area contributed by atoms with Crippen LogP contribution in [0.15, 0.2) is 48.5 Å². The van der Waals surface area contributed by atoms with Crippen LogP contribution < -0.4 is 11.5 Å². The molecule has 0 radical (unpaired) electrons. The molecule has 2 atom stereocenters. The largest absolute Gasteiger partial charge is 0.508 e. The molecule has 152 valence electrons. The van der Waals surface area contributed by atoms with Crippen LogP contribution in [0.25, 0.3) is 0 Å². The van der Waals surface area contributed by atoms with Gasteiger partial charge in [-0.25, -0.2) is 0 Å². The lowest BCUT2D eigenvalue weighted by Gasteiger charge is -2.18. The zero-order valence-corrected chi connectivity index (χ0v) is 15.8. The van der Waals surface area contributed by atoms with Gasteiger partial charge in [0.2, 0.25) is 0 Å². The number of carboxylic acid groups (broad SMARTS) is 2. The van der Waals surface area contributed by atoms with E-state index in [1.807, 2.05) is 0 Å². The average Bonchev–Trinajstić information content (AvgIpc) is 2.59. The summed E-state index contributed by atoms with van der Waals surface area (Å²) >= 11 is 0. The summed E-state index contributed by atoms with van der Waals surface area (Å²) in [5.41, 5.74) is 10.2. The molecule has 8 N–H and O–H groups in total. The van der Waals surface area contributed by atoms with Gasteiger partial charge >= 0.3 is 11.9 Å². The summed E-state index contributed by atoms with van der Waals surface area (Å²) in [6, 6.07) is 12.7. The Kier molecular flexibility index (Phi) is 7.54. The third-order valence-electron chi connectivity index (χ3n) is 3.99. The Morgan fingerprint density at radius 3 is 1.18 bits per heavy atom. The molecule has 28 heavy (non-hydrogen) atoms. The van der Waals surface area contributed by atoms with Gasteiger partial charge in [0.05, 0.1) is 0 Å². The number of aromatic hydroxyl groups is 2. The first-order valence-corrected chi connectivity index (χ1v) is 8.44. The minimum Gasteiger partial charge on any atom is -0.508 e. The smallest absolute Gasteiger partial charge is 0.323 e. The second-order valence-corrected chi connectivity index (χ2v) is 7.13. The minimum atomic E-state index is -1.27. The van der Waals surface area contributed by atoms with Crippen molar-refractivity contribution in [2.75, 3.05) is 0 Å². The van der Waals surface area contributed by atoms with Gasteiger partial charge in [-0.15, -0.1) is 0 Å². The lowest BCUT2D eigenvalue weighted by atomic mass is 9.94. The predicted octanol–water partition coefficient (Wildman–Crippen LogP) is 1.47. The predicted molar refractivity (Wildman–Crippen MR) is 104 cm³/mol. The summed E-state index contributed by atoms with van der Waals surface area (Å²) in [5.74, 6) is -1.76. The van der Waals surface area contributed by atoms with Crippen LogP contribution in [0.4, 0.5) is 0 Å². The van der Waals surface area contributed by atoms with Crippen molar-refractivity contribution in [2.45, 2.75) is 37.8 Å². The molecule has 2 rings (SSSR count). The van der Waals surface area contributed by atoms with E-state index >= 15 is 0 Å². The highest BCUT2D eigenvalue weighted by Gasteiger charge is 2.28. The fourth-order valence-corrected chi connectivity index (χ4v) is 2.23. The first-order valence-electron chi connectivity index (χ1n) is 8.44. The molecule has 0 aliphatic heterocycles. The molecule has 0 bridgehead atoms. The molecule has 8 nitrogen and oxygen atoms in total. The summed E-state index contributed by atoms with van der Waals surface area (Å²) in [4.78, 5) is 21.4. The van der Waals surface area contributed by atoms with Gasteiger partial charge in [0.1, 0.15) is 22.6 Å². The normalized spacial score (nSPS) is 14.7. The summed E-state index contributed by atoms with van der Waals surface area (Å²) in [5, 5.41) is 35.6. The molecule has 2 unspecified atom stereocenters. The van der Waals surface area contributed by atoms with E-state index in [2.05, 4.69) is 0 Å². The zero-order valence-electron chi connectivity index (χ0n) is 15.8. The minimum absolute atomic E-state index is 0.155. The highest BCUT2D eigenvalue weighted by molar-refractivity contribution is 5.78. The molecule has 0 saturated heterocycles. The number of hydrogen-bond donors (Lipinski definition) is 6. The SMILES string of the molecule is CC(N)(Cc1ccc(O)cc1)C(=O)O.CC(N)(Cc1ccc(O)cc1)C(=O)O. The van der Waals surface area contributed by atoms with Gasteiger partial charge in [-0.3, -0.25) is 9.59 Å². The van der Waals surface area contributed by atoms with E-state index in [1.54, 1.807) is 24.3 Å². The van der Waals surface area contributed by atoms with Crippen molar-refractivity contribution >= 4 is 11.9 Å². The number of nitrogens with two attached hydrogens (primary N) is 2. The fraction of sp³-hybridized carbons (Fsp3) is 0.300. The van der Waals surface area contributed by atoms with Crippen molar-refractivity contribution in [1.82, 2.24) is 0 Å². The van der Waals surface area contributed by atoms with Crippen molar-refractivity contribution in [3.63, 3.8) is 0 Å². The Labute approximate surface area is 163 Å². The van der Waals surface area contributed by atoms with E-state index < -0.39 is 23.0 Å². The molecule has 0 aliphatic rings. The van der Waals surface area contributed by atoms with Gasteiger partial charge in [-0.1, -0.05) is 24.3 Å². The van der Waals surface area contributed by atoms with Crippen LogP contribution in [0.2, 0.25) is 0 Å². The Bertz CT molecular complexity index is 729. The number of phenolic OH excluding ortho intramolecular Hbond substituents is 2. The van der Waals surface area contributed by atoms with E-state index in [-0.39, 0.29) is 24.3 Å². The molecule has 0 heterocycles. The van der Waals surface area contributed by atoms with E-state index in [4.69, 9.17) is 31.9 Å². The first kappa shape index (κ1) is 22.9. The second-order valence-electron chi connectivity index (χ2n) is 7.13. The van der Waals surface area contributed by atoms with Gasteiger partial charge < -0.3 is 31.9 Å². The van der Waals surface area contributed by atoms with E-state index in [0.717, 1.165) is 11.1 Å². The number of hydrogen-bond acceptors (Lipinski definition) is 6. The lowest BCUT2D eigenvalue weighted by Crippen LogP contribution is -2.46. The maximum Gasteiger partial charge on any atom is 0.323 e. The molecule has 0 amide bonds. The van der Waals surface area contributed by atoms with Crippen molar-refractivity contribution in [3.8, 4) is 11.5 Å². The third-order valence-corrected chi connectivity index (χ3v) is 3.99. The van der Waals surface area contributed by atoms with Crippen LogP contribution >= 0.6 is 0 Å². The number of carbonyl (C=O) groups is 2. The molecule has 8 heteroatoms. The quantitative estimate of drug-likeness (QED) is 0.431. The summed E-state index contributed by atoms with van der Waals surface area (Å²) < 4.78 is 0. The molecule has 0 fully saturated rings. The molecule has 0 saturated carbocycles. The topological polar surface area (TPSA) is 167 Å². The summed E-state index contributed by atoms with van der Waals surface area (Å²) in [6.45, 7) is 2.92. The van der Waals surface area contributed by atoms with Crippen LogP contribution in [-0.2, 0) is 22.4 Å². The second kappa shape index (κ2) is 9.20. The van der Waals surface area contributed by atoms with Crippen LogP contribution in [-0.4, -0.2) is 43.4 Å². The van der Waals surface area contributed by atoms with Gasteiger partial charge in [-0.2, -0.15) is 0 Å². The standard InChI is InChI=1S/2C10H13NO3/c2*1-10(11,9(13)14)6-7-2-4-8(12)5-3-7/h2*2-5,12H,6,11H2,1H3,(H,13,14). The van der Waals surface area contributed by atoms with Gasteiger partial charge in [0.25, 0.3) is 0 Å². The molecule has 2 aromatic carbocycles. The molecule has 2 aromatic rings. The lowest BCUT2D eigenvalue weighted by molar-refractivity contribution is -0.143. The molecule has 0 aliphatic carbocycles. The Morgan fingerprint density at radius 1 is 0.714 bits per heavy atom. The molecule has 0 spiro atoms. The average molecular weight is 390 g/mol. The third kappa shape index (κ3) is 7.26. The summed E-state index contributed by atoms with van der Waals surface area (Å²) in [7, 11) is 0. The molecular formula is C20H26N2O6. The zero-order chi connectivity index (χ0) is 21.5. The Morgan fingerprint density at radius 2 is 0.964 bits per heavy atom. The highest BCUT2D eigenvalue weighted by atomic mass is 16.4. The van der Waals surface area contributed by atoms with Gasteiger partial charge in [0.15, 0.2) is 0 Å². The molecular weight excluding hydrogens is 364 g/mol. The van der Waals surface area contributed by atoms with Crippen LogP contribution in [0.1, 0.15) is 25.0 Å². The maximum absolute atomic E-state index is 10.7. The van der Waals surface area contributed by atoms with Crippen molar-refractivity contribution in [2.24, 2.45) is 11.5 Å². The number of carboxylic acids is 2. The van der Waals surface area contributed by atoms with Crippen LogP contribution in [0, 0.1) is 0 Å². The highest BCUT2D eigenvalue weighted by Crippen LogP contribution is 2.15. The van der Waals surface area contributed by atoms with Crippen LogP contribution in [0.3, 0.4) is 0 Å². The van der Waals surface area contributed by atoms with Gasteiger partial charge in [-0.05, 0) is 49.2 Å². The molecule has 0 aromatic heterocycles. The Hall–Kier alpha value is -3.10. The van der Waals surface area contributed by atoms with Crippen molar-refractivity contribution < 1.29 is 30.0 Å². The number of aliphatic carboxylic acids is 2. The first-order chi connectivity index (χ1) is 12.8. The van der Waals surface area contributed by atoms with E-state index in [0.29, 0.717) is 0 Å². The monoisotopic (exact) mass is 390 g/mol. The number of phenols is 2. The fourth-order valence-electron chi connectivity index (χ4n) is 2.23. The van der Waals surface area contributed by atoms with E-state index in [9.17, 15) is 9.59 Å². The maximum atomic E-state index is 10.7. The summed E-state index contributed by atoms with van der Waals surface area (Å²) in [6.07, 6.45) is 0.477.